The van der Waals surface area contributed by atoms with E-state index in [2.05, 4.69) is 168 Å². The number of nitrogens with zero attached hydrogens (tertiary/aromatic N) is 2. The number of allylic oxidation sites excluding steroid dienone is 16. The highest BCUT2D eigenvalue weighted by Crippen LogP contribution is 2.63. The lowest BCUT2D eigenvalue weighted by Crippen LogP contribution is -2.45. The zero-order valence-corrected chi connectivity index (χ0v) is 34.1. The van der Waals surface area contributed by atoms with Crippen molar-refractivity contribution in [3.05, 3.63) is 185 Å². The Balaban J connectivity index is 0.984. The predicted octanol–water partition coefficient (Wildman–Crippen LogP) is 14.4. The second-order valence-electron chi connectivity index (χ2n) is 17.9. The van der Waals surface area contributed by atoms with Crippen molar-refractivity contribution in [1.29, 1.82) is 0 Å². The van der Waals surface area contributed by atoms with Crippen molar-refractivity contribution in [3.63, 3.8) is 0 Å². The number of aromatic nitrogens is 1. The first-order valence-electron chi connectivity index (χ1n) is 22.5. The Kier molecular flexibility index (Phi) is 9.13. The van der Waals surface area contributed by atoms with Crippen molar-refractivity contribution >= 4 is 28.4 Å². The van der Waals surface area contributed by atoms with Crippen molar-refractivity contribution in [2.24, 2.45) is 17.8 Å². The Labute approximate surface area is 345 Å². The van der Waals surface area contributed by atoms with E-state index < -0.39 is 0 Å². The number of benzene rings is 3. The summed E-state index contributed by atoms with van der Waals surface area (Å²) in [6, 6.07) is 28.9. The molecule has 3 aromatic carbocycles. The first kappa shape index (κ1) is 35.8. The zero-order valence-electron chi connectivity index (χ0n) is 34.1. The molecule has 5 unspecified atom stereocenters. The fourth-order valence-corrected chi connectivity index (χ4v) is 12.3. The van der Waals surface area contributed by atoms with Crippen molar-refractivity contribution in [2.45, 2.75) is 95.4 Å². The Morgan fingerprint density at radius 1 is 0.690 bits per heavy atom. The van der Waals surface area contributed by atoms with E-state index in [1.807, 2.05) is 0 Å². The highest BCUT2D eigenvalue weighted by Gasteiger charge is 2.56. The van der Waals surface area contributed by atoms with Crippen molar-refractivity contribution < 1.29 is 0 Å². The van der Waals surface area contributed by atoms with E-state index in [1.54, 1.807) is 11.1 Å². The van der Waals surface area contributed by atoms with Crippen LogP contribution in [-0.4, -0.2) is 10.6 Å². The Morgan fingerprint density at radius 3 is 2.33 bits per heavy atom. The van der Waals surface area contributed by atoms with Crippen LogP contribution < -0.4 is 4.90 Å². The molecule has 5 atom stereocenters. The molecule has 0 fully saturated rings. The Hall–Kier alpha value is -5.34. The normalized spacial score (nSPS) is 27.2. The summed E-state index contributed by atoms with van der Waals surface area (Å²) in [6.45, 7) is 2.48. The van der Waals surface area contributed by atoms with Crippen LogP contribution in [0.15, 0.2) is 168 Å². The van der Waals surface area contributed by atoms with Gasteiger partial charge in [-0.2, -0.15) is 0 Å². The summed E-state index contributed by atoms with van der Waals surface area (Å²) >= 11 is 0. The molecule has 58 heavy (non-hydrogen) atoms. The third-order valence-electron chi connectivity index (χ3n) is 14.9. The van der Waals surface area contributed by atoms with Crippen LogP contribution in [0, 0.1) is 17.8 Å². The maximum atomic E-state index is 2.80. The largest absolute Gasteiger partial charge is 0.342 e. The summed E-state index contributed by atoms with van der Waals surface area (Å²) in [4.78, 5) is 2.80. The van der Waals surface area contributed by atoms with E-state index >= 15 is 0 Å². The lowest BCUT2D eigenvalue weighted by molar-refractivity contribution is 0.287. The summed E-state index contributed by atoms with van der Waals surface area (Å²) in [6.07, 6.45) is 45.1. The van der Waals surface area contributed by atoms with Crippen LogP contribution in [0.2, 0.25) is 0 Å². The lowest BCUT2D eigenvalue weighted by Gasteiger charge is -2.47. The molecule has 2 heteroatoms. The topological polar surface area (TPSA) is 8.17 Å². The molecule has 11 rings (SSSR count). The van der Waals surface area contributed by atoms with Gasteiger partial charge in [-0.05, 0) is 153 Å². The molecule has 4 aromatic rings. The third-order valence-corrected chi connectivity index (χ3v) is 14.9. The van der Waals surface area contributed by atoms with Crippen LogP contribution in [0.4, 0.5) is 5.69 Å². The van der Waals surface area contributed by atoms with Gasteiger partial charge >= 0.3 is 0 Å². The van der Waals surface area contributed by atoms with E-state index in [0.29, 0.717) is 23.8 Å². The second kappa shape index (κ2) is 14.8. The van der Waals surface area contributed by atoms with Gasteiger partial charge in [-0.25, -0.2) is 0 Å². The minimum atomic E-state index is -0.127. The van der Waals surface area contributed by atoms with E-state index in [9.17, 15) is 0 Å². The predicted molar refractivity (Wildman–Crippen MR) is 245 cm³/mol. The highest BCUT2D eigenvalue weighted by molar-refractivity contribution is 5.97. The Bertz CT molecular complexity index is 2540. The summed E-state index contributed by atoms with van der Waals surface area (Å²) in [7, 11) is 0. The SMILES string of the molecule is CC1CC=CCC1N(C1=CCC2C3=C(C=CCC3)C(C3=CCCC=C3)(c3ccccc3)C2C1)c1ccc(-c2ccc3c(c2)c2c(n3C3=CC=CCC3)CCC=C2)cc1. The molecule has 0 bridgehead atoms. The van der Waals surface area contributed by atoms with Crippen molar-refractivity contribution in [3.8, 4) is 11.1 Å². The van der Waals surface area contributed by atoms with Crippen LogP contribution >= 0.6 is 0 Å². The van der Waals surface area contributed by atoms with Gasteiger partial charge in [0.15, 0.2) is 0 Å². The van der Waals surface area contributed by atoms with Gasteiger partial charge in [-0.15, -0.1) is 0 Å². The minimum absolute atomic E-state index is 0.127. The molecule has 0 spiro atoms. The second-order valence-corrected chi connectivity index (χ2v) is 17.9. The highest BCUT2D eigenvalue weighted by atomic mass is 15.2. The maximum absolute atomic E-state index is 2.80. The van der Waals surface area contributed by atoms with Gasteiger partial charge < -0.3 is 9.47 Å². The van der Waals surface area contributed by atoms with Crippen molar-refractivity contribution in [1.82, 2.24) is 4.57 Å². The smallest absolute Gasteiger partial charge is 0.0534 e. The number of hydrogen-bond acceptors (Lipinski definition) is 1. The monoisotopic (exact) mass is 756 g/mol. The van der Waals surface area contributed by atoms with Gasteiger partial charge in [0.2, 0.25) is 0 Å². The number of hydrogen-bond donors (Lipinski definition) is 0. The molecule has 0 saturated heterocycles. The molecule has 0 radical (unpaired) electrons. The average molecular weight is 757 g/mol. The molecule has 0 saturated carbocycles. The molecule has 7 aliphatic rings. The van der Waals surface area contributed by atoms with Crippen LogP contribution in [0.5, 0.6) is 0 Å². The molecule has 2 nitrogen and oxygen atoms in total. The van der Waals surface area contributed by atoms with Crippen LogP contribution in [0.1, 0.15) is 94.4 Å². The summed E-state index contributed by atoms with van der Waals surface area (Å²) in [5.74, 6) is 1.63. The van der Waals surface area contributed by atoms with Gasteiger partial charge in [0, 0.05) is 45.2 Å². The van der Waals surface area contributed by atoms with E-state index in [4.69, 9.17) is 0 Å². The summed E-state index contributed by atoms with van der Waals surface area (Å²) in [5, 5.41) is 1.38. The van der Waals surface area contributed by atoms with E-state index in [-0.39, 0.29) is 5.41 Å². The first-order chi connectivity index (χ1) is 28.7. The average Bonchev–Trinajstić information content (AvgIpc) is 3.78. The lowest BCUT2D eigenvalue weighted by atomic mass is 9.59. The molecular formula is C56H56N2. The molecule has 290 valence electrons. The quantitative estimate of drug-likeness (QED) is 0.171. The van der Waals surface area contributed by atoms with Gasteiger partial charge in [-0.3, -0.25) is 0 Å². The molecule has 1 aromatic heterocycles. The zero-order chi connectivity index (χ0) is 38.6. The number of anilines is 1. The van der Waals surface area contributed by atoms with Gasteiger partial charge in [0.1, 0.15) is 0 Å². The van der Waals surface area contributed by atoms with Crippen LogP contribution in [0.25, 0.3) is 33.8 Å². The van der Waals surface area contributed by atoms with Gasteiger partial charge in [-0.1, -0.05) is 134 Å². The number of rotatable bonds is 7. The summed E-state index contributed by atoms with van der Waals surface area (Å²) in [5.41, 5.74) is 17.3. The minimum Gasteiger partial charge on any atom is -0.342 e. The molecule has 7 aliphatic carbocycles. The maximum Gasteiger partial charge on any atom is 0.0534 e. The van der Waals surface area contributed by atoms with Crippen LogP contribution in [0.3, 0.4) is 0 Å². The van der Waals surface area contributed by atoms with Gasteiger partial charge in [0.25, 0.3) is 0 Å². The fourth-order valence-electron chi connectivity index (χ4n) is 12.3. The fraction of sp³-hybridized carbons (Fsp3) is 0.321. The standard InChI is InChI=1S/C56H56N2/c1-39-17-11-15-27-53(39)57(45-32-29-40(30-33-45)41-31-36-55-50(37-41)49-25-13-16-28-54(49)58(55)44-22-9-4-10-23-44)46-34-35-48-47-24-12-14-26-51(47)56(52(48)38-46,42-18-5-2-6-19-42)43-20-7-3-8-21-43/h2,4-7,9,11,13-15,18-22,25-26,29-34,36-37,39,48,52-53H,3,8,10,12,16-17,23-24,27-28,35,38H2,1H3. The van der Waals surface area contributed by atoms with E-state index in [1.165, 1.54) is 67.9 Å². The molecule has 0 aliphatic heterocycles. The molecule has 0 amide bonds. The Morgan fingerprint density at radius 2 is 1.50 bits per heavy atom. The molecular weight excluding hydrogens is 701 g/mol. The van der Waals surface area contributed by atoms with Crippen molar-refractivity contribution in [2.75, 3.05) is 4.90 Å². The summed E-state index contributed by atoms with van der Waals surface area (Å²) < 4.78 is 2.57. The van der Waals surface area contributed by atoms with E-state index in [0.717, 1.165) is 70.6 Å². The molecule has 0 N–H and O–H groups in total. The first-order valence-corrected chi connectivity index (χ1v) is 22.5. The van der Waals surface area contributed by atoms with Gasteiger partial charge in [0.05, 0.1) is 5.52 Å². The van der Waals surface area contributed by atoms with Crippen LogP contribution in [-0.2, 0) is 11.8 Å². The number of fused-ring (bicyclic) bond motifs is 5. The molecule has 1 heterocycles. The third kappa shape index (κ3) is 5.73.